The van der Waals surface area contributed by atoms with E-state index in [4.69, 9.17) is 11.6 Å². The van der Waals surface area contributed by atoms with E-state index >= 15 is 0 Å². The first-order chi connectivity index (χ1) is 8.63. The number of anilines is 2. The zero-order valence-corrected chi connectivity index (χ0v) is 12.2. The van der Waals surface area contributed by atoms with E-state index in [1.807, 2.05) is 18.2 Å². The predicted octanol–water partition coefficient (Wildman–Crippen LogP) is 5.14. The zero-order chi connectivity index (χ0) is 13.1. The molecule has 0 heterocycles. The molecule has 0 saturated carbocycles. The number of alkyl halides is 1. The molecular weight excluding hydrogens is 317 g/mol. The van der Waals surface area contributed by atoms with E-state index in [2.05, 4.69) is 15.9 Å². The lowest BCUT2D eigenvalue weighted by Crippen LogP contribution is -2.11. The van der Waals surface area contributed by atoms with Crippen molar-refractivity contribution in [3.8, 4) is 0 Å². The molecule has 18 heavy (non-hydrogen) atoms. The van der Waals surface area contributed by atoms with Crippen molar-refractivity contribution in [2.75, 3.05) is 11.9 Å². The van der Waals surface area contributed by atoms with Crippen LogP contribution < -0.4 is 4.90 Å². The molecule has 0 saturated heterocycles. The van der Waals surface area contributed by atoms with Crippen molar-refractivity contribution in [1.82, 2.24) is 0 Å². The molecule has 2 aromatic carbocycles. The molecule has 0 bridgehead atoms. The van der Waals surface area contributed by atoms with Gasteiger partial charge in [-0.3, -0.25) is 0 Å². The van der Waals surface area contributed by atoms with Crippen LogP contribution >= 0.6 is 27.5 Å². The molecule has 4 heteroatoms. The summed E-state index contributed by atoms with van der Waals surface area (Å²) in [5, 5.41) is 1.36. The van der Waals surface area contributed by atoms with E-state index in [0.29, 0.717) is 10.7 Å². The second-order valence-corrected chi connectivity index (χ2v) is 4.90. The highest BCUT2D eigenvalue weighted by Crippen LogP contribution is 2.32. The lowest BCUT2D eigenvalue weighted by atomic mass is 10.2. The molecular formula is C14H12BrClFN. The van der Waals surface area contributed by atoms with Crippen molar-refractivity contribution in [2.45, 2.75) is 5.33 Å². The van der Waals surface area contributed by atoms with Gasteiger partial charge in [0, 0.05) is 12.4 Å². The van der Waals surface area contributed by atoms with Crippen molar-refractivity contribution in [2.24, 2.45) is 0 Å². The molecule has 0 aliphatic carbocycles. The lowest BCUT2D eigenvalue weighted by Gasteiger charge is -2.21. The summed E-state index contributed by atoms with van der Waals surface area (Å²) >= 11 is 9.60. The zero-order valence-electron chi connectivity index (χ0n) is 9.83. The van der Waals surface area contributed by atoms with Gasteiger partial charge in [-0.05, 0) is 29.8 Å². The summed E-state index contributed by atoms with van der Waals surface area (Å²) in [5.74, 6) is -0.263. The van der Waals surface area contributed by atoms with Gasteiger partial charge in [-0.2, -0.15) is 0 Å². The van der Waals surface area contributed by atoms with E-state index < -0.39 is 0 Å². The molecule has 94 valence electrons. The molecule has 0 radical (unpaired) electrons. The maximum Gasteiger partial charge on any atom is 0.146 e. The van der Waals surface area contributed by atoms with Gasteiger partial charge in [0.2, 0.25) is 0 Å². The number of rotatable bonds is 3. The average Bonchev–Trinajstić information content (AvgIpc) is 2.38. The van der Waals surface area contributed by atoms with Crippen LogP contribution in [-0.2, 0) is 5.33 Å². The first-order valence-electron chi connectivity index (χ1n) is 5.46. The van der Waals surface area contributed by atoms with Crippen molar-refractivity contribution in [3.63, 3.8) is 0 Å². The molecule has 0 aliphatic heterocycles. The summed E-state index contributed by atoms with van der Waals surface area (Å²) in [4.78, 5) is 1.75. The fourth-order valence-electron chi connectivity index (χ4n) is 1.76. The molecule has 0 amide bonds. The van der Waals surface area contributed by atoms with Gasteiger partial charge in [-0.1, -0.05) is 45.7 Å². The summed E-state index contributed by atoms with van der Waals surface area (Å²) in [6.07, 6.45) is 0. The summed E-state index contributed by atoms with van der Waals surface area (Å²) in [6.45, 7) is 0. The highest BCUT2D eigenvalue weighted by molar-refractivity contribution is 9.08. The Balaban J connectivity index is 2.40. The number of halogens is 3. The molecule has 2 rings (SSSR count). The topological polar surface area (TPSA) is 3.24 Å². The third-order valence-corrected chi connectivity index (χ3v) is 3.69. The minimum Gasteiger partial charge on any atom is -0.341 e. The Morgan fingerprint density at radius 1 is 1.17 bits per heavy atom. The van der Waals surface area contributed by atoms with Gasteiger partial charge in [-0.25, -0.2) is 4.39 Å². The van der Waals surface area contributed by atoms with Crippen LogP contribution in [0.4, 0.5) is 15.8 Å². The van der Waals surface area contributed by atoms with Crippen LogP contribution in [0, 0.1) is 5.82 Å². The van der Waals surface area contributed by atoms with Gasteiger partial charge in [0.05, 0.1) is 16.4 Å². The van der Waals surface area contributed by atoms with Crippen LogP contribution in [0.5, 0.6) is 0 Å². The van der Waals surface area contributed by atoms with Gasteiger partial charge in [0.15, 0.2) is 0 Å². The predicted molar refractivity (Wildman–Crippen MR) is 78.5 cm³/mol. The second-order valence-electron chi connectivity index (χ2n) is 3.93. The third-order valence-electron chi connectivity index (χ3n) is 2.74. The van der Waals surface area contributed by atoms with Crippen LogP contribution in [0.15, 0.2) is 42.5 Å². The first-order valence-corrected chi connectivity index (χ1v) is 6.96. The second kappa shape index (κ2) is 5.72. The number of para-hydroxylation sites is 1. The maximum absolute atomic E-state index is 13.7. The normalized spacial score (nSPS) is 10.4. The minimum absolute atomic E-state index is 0.263. The molecule has 0 aromatic heterocycles. The van der Waals surface area contributed by atoms with E-state index in [-0.39, 0.29) is 5.82 Å². The molecule has 2 aromatic rings. The molecule has 0 fully saturated rings. The number of hydrogen-bond donors (Lipinski definition) is 0. The highest BCUT2D eigenvalue weighted by atomic mass is 79.9. The Morgan fingerprint density at radius 3 is 2.50 bits per heavy atom. The lowest BCUT2D eigenvalue weighted by molar-refractivity contribution is 0.627. The minimum atomic E-state index is -0.263. The molecule has 0 N–H and O–H groups in total. The summed E-state index contributed by atoms with van der Waals surface area (Å²) in [7, 11) is 1.80. The Kier molecular flexibility index (Phi) is 4.25. The summed E-state index contributed by atoms with van der Waals surface area (Å²) in [6, 6.07) is 12.4. The maximum atomic E-state index is 13.7. The van der Waals surface area contributed by atoms with Crippen LogP contribution in [0.1, 0.15) is 5.56 Å². The standard InChI is InChI=1S/C14H12BrClFN/c1-18(14-5-3-2-4-12(14)17)13-7-6-10(9-15)8-11(13)16/h2-8H,9H2,1H3. The Bertz CT molecular complexity index is 559. The quantitative estimate of drug-likeness (QED) is 0.705. The smallest absolute Gasteiger partial charge is 0.146 e. The number of nitrogens with zero attached hydrogens (tertiary/aromatic N) is 1. The molecule has 0 aliphatic rings. The van der Waals surface area contributed by atoms with E-state index in [1.54, 1.807) is 30.1 Å². The van der Waals surface area contributed by atoms with E-state index in [9.17, 15) is 4.39 Å². The highest BCUT2D eigenvalue weighted by Gasteiger charge is 2.11. The average molecular weight is 329 g/mol. The van der Waals surface area contributed by atoms with Crippen LogP contribution in [0.25, 0.3) is 0 Å². The van der Waals surface area contributed by atoms with Crippen molar-refractivity contribution >= 4 is 38.9 Å². The third kappa shape index (κ3) is 2.68. The molecule has 0 unspecified atom stereocenters. The Labute approximate surface area is 119 Å². The molecule has 0 atom stereocenters. The largest absolute Gasteiger partial charge is 0.341 e. The van der Waals surface area contributed by atoms with E-state index in [0.717, 1.165) is 16.6 Å². The SMILES string of the molecule is CN(c1ccccc1F)c1ccc(CBr)cc1Cl. The van der Waals surface area contributed by atoms with Crippen LogP contribution in [-0.4, -0.2) is 7.05 Å². The van der Waals surface area contributed by atoms with Crippen molar-refractivity contribution in [3.05, 3.63) is 58.9 Å². The van der Waals surface area contributed by atoms with Crippen molar-refractivity contribution < 1.29 is 4.39 Å². The van der Waals surface area contributed by atoms with E-state index in [1.165, 1.54) is 6.07 Å². The summed E-state index contributed by atoms with van der Waals surface area (Å²) in [5.41, 5.74) is 2.38. The Hall–Kier alpha value is -1.06. The molecule has 0 spiro atoms. The number of hydrogen-bond acceptors (Lipinski definition) is 1. The first kappa shape index (κ1) is 13.4. The van der Waals surface area contributed by atoms with Gasteiger partial charge < -0.3 is 4.90 Å². The van der Waals surface area contributed by atoms with Gasteiger partial charge in [0.1, 0.15) is 5.82 Å². The number of benzene rings is 2. The fraction of sp³-hybridized carbons (Fsp3) is 0.143. The van der Waals surface area contributed by atoms with Crippen LogP contribution in [0.2, 0.25) is 5.02 Å². The Morgan fingerprint density at radius 2 is 1.89 bits per heavy atom. The van der Waals surface area contributed by atoms with Crippen molar-refractivity contribution in [1.29, 1.82) is 0 Å². The van der Waals surface area contributed by atoms with Crippen LogP contribution in [0.3, 0.4) is 0 Å². The van der Waals surface area contributed by atoms with Gasteiger partial charge in [0.25, 0.3) is 0 Å². The van der Waals surface area contributed by atoms with Gasteiger partial charge >= 0.3 is 0 Å². The molecule has 1 nitrogen and oxygen atoms in total. The fourth-order valence-corrected chi connectivity index (χ4v) is 2.44. The summed E-state index contributed by atoms with van der Waals surface area (Å²) < 4.78 is 13.7. The monoisotopic (exact) mass is 327 g/mol. The van der Waals surface area contributed by atoms with Gasteiger partial charge in [-0.15, -0.1) is 0 Å².